The number of ether oxygens (including phenoxy) is 1. The molecule has 0 aliphatic carbocycles. The van der Waals surface area contributed by atoms with E-state index in [0.29, 0.717) is 29.0 Å². The number of nitrogens with one attached hydrogen (secondary N) is 2. The van der Waals surface area contributed by atoms with Crippen molar-refractivity contribution in [2.24, 2.45) is 0 Å². The Kier molecular flexibility index (Phi) is 8.69. The molecule has 1 heterocycles. The summed E-state index contributed by atoms with van der Waals surface area (Å²) in [7, 11) is 5.31. The lowest BCUT2D eigenvalue weighted by Crippen LogP contribution is -2.30. The van der Waals surface area contributed by atoms with Crippen LogP contribution < -0.4 is 15.0 Å². The maximum atomic E-state index is 13.2. The monoisotopic (exact) mass is 541 g/mol. The van der Waals surface area contributed by atoms with E-state index >= 15 is 0 Å². The zero-order chi connectivity index (χ0) is 25.2. The van der Waals surface area contributed by atoms with Crippen LogP contribution in [-0.4, -0.2) is 56.7 Å². The van der Waals surface area contributed by atoms with Crippen LogP contribution in [0.4, 0.5) is 5.69 Å². The van der Waals surface area contributed by atoms with Gasteiger partial charge in [0.05, 0.1) is 12.1 Å². The minimum absolute atomic E-state index is 0. The van der Waals surface area contributed by atoms with Gasteiger partial charge in [0.2, 0.25) is 0 Å². The summed E-state index contributed by atoms with van der Waals surface area (Å²) in [5.74, 6) is 0.477. The highest BCUT2D eigenvalue weighted by molar-refractivity contribution is 8.93. The number of carbonyl (C=O) groups excluding carboxylic acids is 2. The number of fused-ring (bicyclic) bond motifs is 1. The molecule has 0 atom stereocenters. The highest BCUT2D eigenvalue weighted by atomic mass is 79.9. The molecular weight excluding hydrogens is 510 g/mol. The third-order valence-electron chi connectivity index (χ3n) is 5.84. The summed E-state index contributed by atoms with van der Waals surface area (Å²) >= 11 is 0. The average molecular weight is 542 g/mol. The average Bonchev–Trinajstić information content (AvgIpc) is 3.09. The minimum Gasteiger partial charge on any atom is -0.478 e. The minimum atomic E-state index is -0.281. The molecule has 0 saturated heterocycles. The van der Waals surface area contributed by atoms with Gasteiger partial charge in [-0.2, -0.15) is 5.26 Å². The number of hydrogen-bond acceptors (Lipinski definition) is 6. The van der Waals surface area contributed by atoms with Gasteiger partial charge < -0.3 is 19.9 Å². The van der Waals surface area contributed by atoms with Crippen LogP contribution in [0.25, 0.3) is 0 Å². The molecule has 0 unspecified atom stereocenters. The lowest BCUT2D eigenvalue weighted by Gasteiger charge is -2.23. The first-order valence-corrected chi connectivity index (χ1v) is 11.1. The van der Waals surface area contributed by atoms with Crippen molar-refractivity contribution < 1.29 is 14.3 Å². The van der Waals surface area contributed by atoms with Crippen LogP contribution in [0.5, 0.6) is 5.75 Å². The fourth-order valence-electron chi connectivity index (χ4n) is 4.05. The van der Waals surface area contributed by atoms with Crippen LogP contribution in [0, 0.1) is 16.7 Å². The molecule has 2 aromatic carbocycles. The summed E-state index contributed by atoms with van der Waals surface area (Å²) in [5, 5.41) is 20.1. The van der Waals surface area contributed by atoms with Crippen molar-refractivity contribution in [3.05, 3.63) is 58.1 Å². The first kappa shape index (κ1) is 27.9. The molecule has 1 amide bonds. The van der Waals surface area contributed by atoms with Crippen LogP contribution in [0.1, 0.15) is 58.2 Å². The number of halogens is 1. The Hall–Kier alpha value is -3.38. The van der Waals surface area contributed by atoms with Crippen LogP contribution >= 0.6 is 17.0 Å². The van der Waals surface area contributed by atoms with E-state index in [1.807, 2.05) is 58.0 Å². The Morgan fingerprint density at radius 3 is 2.49 bits per heavy atom. The van der Waals surface area contributed by atoms with Crippen molar-refractivity contribution in [3.8, 4) is 11.8 Å². The number of amides is 1. The number of nitrogens with zero attached hydrogens (tertiary/aromatic N) is 3. The van der Waals surface area contributed by atoms with Gasteiger partial charge in [-0.05, 0) is 41.3 Å². The molecule has 2 aromatic rings. The number of ketones is 1. The summed E-state index contributed by atoms with van der Waals surface area (Å²) < 4.78 is 5.56. The predicted octanol–water partition coefficient (Wildman–Crippen LogP) is 3.91. The zero-order valence-corrected chi connectivity index (χ0v) is 22.7. The van der Waals surface area contributed by atoms with Gasteiger partial charge in [0.15, 0.2) is 12.4 Å². The van der Waals surface area contributed by atoms with Gasteiger partial charge in [-0.15, -0.1) is 17.0 Å². The summed E-state index contributed by atoms with van der Waals surface area (Å²) in [6.45, 7) is 6.47. The molecule has 8 nitrogen and oxygen atoms in total. The molecule has 35 heavy (non-hydrogen) atoms. The van der Waals surface area contributed by atoms with Gasteiger partial charge in [-0.3, -0.25) is 15.0 Å². The maximum Gasteiger partial charge on any atom is 0.253 e. The van der Waals surface area contributed by atoms with Gasteiger partial charge in [0.25, 0.3) is 5.91 Å². The van der Waals surface area contributed by atoms with E-state index < -0.39 is 0 Å². The first-order chi connectivity index (χ1) is 16.0. The van der Waals surface area contributed by atoms with E-state index in [9.17, 15) is 9.59 Å². The first-order valence-electron chi connectivity index (χ1n) is 11.1. The van der Waals surface area contributed by atoms with Crippen LogP contribution in [0.15, 0.2) is 30.3 Å². The van der Waals surface area contributed by atoms with Gasteiger partial charge >= 0.3 is 0 Å². The summed E-state index contributed by atoms with van der Waals surface area (Å²) in [6, 6.07) is 10.9. The molecule has 1 aliphatic heterocycles. The van der Waals surface area contributed by atoms with E-state index in [-0.39, 0.29) is 53.1 Å². The highest BCUT2D eigenvalue weighted by Crippen LogP contribution is 2.33. The van der Waals surface area contributed by atoms with Gasteiger partial charge in [-0.1, -0.05) is 20.8 Å². The van der Waals surface area contributed by atoms with Crippen molar-refractivity contribution >= 4 is 40.2 Å². The largest absolute Gasteiger partial charge is 0.478 e. The molecule has 3 rings (SSSR count). The smallest absolute Gasteiger partial charge is 0.253 e. The fourth-order valence-corrected chi connectivity index (χ4v) is 4.05. The van der Waals surface area contributed by atoms with Crippen molar-refractivity contribution in [2.45, 2.75) is 32.7 Å². The normalized spacial score (nSPS) is 12.4. The molecule has 186 valence electrons. The molecule has 0 aromatic heterocycles. The molecule has 0 radical (unpaired) electrons. The molecule has 0 bridgehead atoms. The number of benzene rings is 2. The lowest BCUT2D eigenvalue weighted by molar-refractivity contribution is 0.0955. The highest BCUT2D eigenvalue weighted by Gasteiger charge is 2.29. The number of rotatable bonds is 7. The number of anilines is 1. The SMILES string of the molecule is Br.CNC(=O)c1cc2c(cc1N(C)C)CN(CC(=O)c1ccc(OCC#N)c(C(C)(C)C)c1)C2=N. The van der Waals surface area contributed by atoms with E-state index in [0.717, 1.165) is 16.8 Å². The second-order valence-corrected chi connectivity index (χ2v) is 9.54. The van der Waals surface area contributed by atoms with Gasteiger partial charge in [0, 0.05) is 50.1 Å². The Morgan fingerprint density at radius 1 is 1.23 bits per heavy atom. The Balaban J connectivity index is 0.00000432. The molecule has 2 N–H and O–H groups in total. The summed E-state index contributed by atoms with van der Waals surface area (Å²) in [5.41, 5.74) is 3.92. The quantitative estimate of drug-likeness (QED) is 0.514. The number of carbonyl (C=O) groups is 2. The van der Waals surface area contributed by atoms with E-state index in [1.54, 1.807) is 30.1 Å². The van der Waals surface area contributed by atoms with Crippen molar-refractivity contribution in [1.29, 1.82) is 10.7 Å². The predicted molar refractivity (Wildman–Crippen MR) is 142 cm³/mol. The number of nitriles is 1. The zero-order valence-electron chi connectivity index (χ0n) is 21.0. The molecule has 0 fully saturated rings. The molecule has 0 saturated carbocycles. The summed E-state index contributed by atoms with van der Waals surface area (Å²) in [6.07, 6.45) is 0. The fraction of sp³-hybridized carbons (Fsp3) is 0.385. The van der Waals surface area contributed by atoms with E-state index in [2.05, 4.69) is 5.32 Å². The second-order valence-electron chi connectivity index (χ2n) is 9.54. The topological polar surface area (TPSA) is 110 Å². The Labute approximate surface area is 217 Å². The molecule has 9 heteroatoms. The lowest BCUT2D eigenvalue weighted by atomic mass is 9.85. The van der Waals surface area contributed by atoms with Crippen LogP contribution in [0.2, 0.25) is 0 Å². The maximum absolute atomic E-state index is 13.2. The third-order valence-corrected chi connectivity index (χ3v) is 5.84. The van der Waals surface area contributed by atoms with E-state index in [1.165, 1.54) is 0 Å². The Morgan fingerprint density at radius 2 is 1.91 bits per heavy atom. The molecule has 1 aliphatic rings. The second kappa shape index (κ2) is 10.9. The third kappa shape index (κ3) is 5.82. The van der Waals surface area contributed by atoms with Gasteiger partial charge in [-0.25, -0.2) is 0 Å². The summed E-state index contributed by atoms with van der Waals surface area (Å²) in [4.78, 5) is 29.2. The van der Waals surface area contributed by atoms with Crippen molar-refractivity contribution in [3.63, 3.8) is 0 Å². The van der Waals surface area contributed by atoms with Crippen molar-refractivity contribution in [1.82, 2.24) is 10.2 Å². The van der Waals surface area contributed by atoms with Crippen LogP contribution in [0.3, 0.4) is 0 Å². The molecule has 0 spiro atoms. The van der Waals surface area contributed by atoms with Crippen molar-refractivity contribution in [2.75, 3.05) is 39.2 Å². The van der Waals surface area contributed by atoms with Gasteiger partial charge in [0.1, 0.15) is 17.7 Å². The number of amidine groups is 1. The number of Topliss-reactive ketones (excluding diaryl/α,β-unsaturated/α-hetero) is 1. The van der Waals surface area contributed by atoms with Crippen LogP contribution in [-0.2, 0) is 12.0 Å². The number of hydrogen-bond donors (Lipinski definition) is 2. The standard InChI is InChI=1S/C26H31N5O3.BrH/c1-26(2,3)20-11-16(7-8-23(20)34-10-9-27)22(32)15-31-14-17-12-21(30(5)6)19(25(33)29-4)13-18(17)24(31)28;/h7-8,11-13,28H,10,14-15H2,1-6H3,(H,29,33);1H. The molecular formula is C26H32BrN5O3. The van der Waals surface area contributed by atoms with E-state index in [4.69, 9.17) is 15.4 Å². The Bertz CT molecular complexity index is 1190.